The molecule has 1 aromatic heterocycles. The van der Waals surface area contributed by atoms with Crippen LogP contribution >= 0.6 is 11.8 Å². The number of aromatic nitrogens is 3. The molecule has 2 rings (SSSR count). The van der Waals surface area contributed by atoms with Gasteiger partial charge in [0, 0.05) is 5.75 Å². The number of nitrogens with two attached hydrogens (primary N) is 1. The van der Waals surface area contributed by atoms with E-state index in [0.29, 0.717) is 16.7 Å². The van der Waals surface area contributed by atoms with Gasteiger partial charge in [0.25, 0.3) is 0 Å². The molecule has 0 unspecified atom stereocenters. The zero-order valence-corrected chi connectivity index (χ0v) is 9.54. The number of aryl methyl sites for hydroxylation is 1. The molecule has 0 aliphatic carbocycles. The maximum Gasteiger partial charge on any atom is 0.210 e. The van der Waals surface area contributed by atoms with Crippen LogP contribution < -0.4 is 5.84 Å². The first kappa shape index (κ1) is 10.9. The number of hydrogen-bond donors (Lipinski definition) is 1. The van der Waals surface area contributed by atoms with Crippen LogP contribution in [0.2, 0.25) is 0 Å². The summed E-state index contributed by atoms with van der Waals surface area (Å²) in [6.45, 7) is 1.79. The van der Waals surface area contributed by atoms with E-state index in [9.17, 15) is 4.39 Å². The van der Waals surface area contributed by atoms with E-state index in [4.69, 9.17) is 5.84 Å². The summed E-state index contributed by atoms with van der Waals surface area (Å²) in [7, 11) is 0. The van der Waals surface area contributed by atoms with Crippen molar-refractivity contribution < 1.29 is 4.39 Å². The maximum absolute atomic E-state index is 12.7. The van der Waals surface area contributed by atoms with E-state index in [1.54, 1.807) is 19.1 Å². The molecule has 2 N–H and O–H groups in total. The molecule has 0 bridgehead atoms. The number of thioether (sulfide) groups is 1. The monoisotopic (exact) mass is 238 g/mol. The van der Waals surface area contributed by atoms with E-state index in [-0.39, 0.29) is 5.82 Å². The van der Waals surface area contributed by atoms with Gasteiger partial charge in [0.2, 0.25) is 5.16 Å². The Bertz CT molecular complexity index is 480. The Morgan fingerprint density at radius 2 is 2.00 bits per heavy atom. The lowest BCUT2D eigenvalue weighted by Gasteiger charge is -2.01. The minimum atomic E-state index is -0.230. The average molecular weight is 238 g/mol. The molecule has 6 heteroatoms. The molecule has 84 valence electrons. The molecular formula is C10H11FN4S. The van der Waals surface area contributed by atoms with Gasteiger partial charge in [-0.2, -0.15) is 0 Å². The molecule has 2 aromatic rings. The number of halogens is 1. The molecule has 0 amide bonds. The molecule has 0 saturated carbocycles. The van der Waals surface area contributed by atoms with E-state index in [1.807, 2.05) is 0 Å². The molecule has 0 spiro atoms. The van der Waals surface area contributed by atoms with Gasteiger partial charge in [0.1, 0.15) is 11.6 Å². The SMILES string of the molecule is Cc1nnc(SCc2ccc(F)cc2)n1N. The third kappa shape index (κ3) is 2.33. The van der Waals surface area contributed by atoms with Crippen LogP contribution in [0.25, 0.3) is 0 Å². The second-order valence-corrected chi connectivity index (χ2v) is 4.26. The summed E-state index contributed by atoms with van der Waals surface area (Å²) < 4.78 is 14.1. The molecule has 1 heterocycles. The van der Waals surface area contributed by atoms with E-state index in [0.717, 1.165) is 5.56 Å². The van der Waals surface area contributed by atoms with Gasteiger partial charge in [0.15, 0.2) is 0 Å². The summed E-state index contributed by atoms with van der Waals surface area (Å²) in [5, 5.41) is 8.43. The van der Waals surface area contributed by atoms with Crippen LogP contribution in [-0.4, -0.2) is 14.9 Å². The van der Waals surface area contributed by atoms with E-state index in [1.165, 1.54) is 28.6 Å². The normalized spacial score (nSPS) is 10.6. The first-order chi connectivity index (χ1) is 7.66. The number of nitrogens with zero attached hydrogens (tertiary/aromatic N) is 3. The Balaban J connectivity index is 2.02. The lowest BCUT2D eigenvalue weighted by molar-refractivity contribution is 0.627. The molecule has 0 saturated heterocycles. The van der Waals surface area contributed by atoms with E-state index >= 15 is 0 Å². The van der Waals surface area contributed by atoms with Gasteiger partial charge >= 0.3 is 0 Å². The summed E-state index contributed by atoms with van der Waals surface area (Å²) in [5.41, 5.74) is 1.02. The summed E-state index contributed by atoms with van der Waals surface area (Å²) in [5.74, 6) is 6.83. The lowest BCUT2D eigenvalue weighted by atomic mass is 10.2. The fraction of sp³-hybridized carbons (Fsp3) is 0.200. The van der Waals surface area contributed by atoms with Crippen LogP contribution in [0, 0.1) is 12.7 Å². The fourth-order valence-electron chi connectivity index (χ4n) is 1.18. The van der Waals surface area contributed by atoms with Crippen molar-refractivity contribution in [2.24, 2.45) is 0 Å². The van der Waals surface area contributed by atoms with Crippen LogP contribution in [-0.2, 0) is 5.75 Å². The molecule has 0 radical (unpaired) electrons. The highest BCUT2D eigenvalue weighted by atomic mass is 32.2. The quantitative estimate of drug-likeness (QED) is 0.653. The average Bonchev–Trinajstić information content (AvgIpc) is 2.60. The summed E-state index contributed by atoms with van der Waals surface area (Å²) in [4.78, 5) is 0. The molecule has 16 heavy (non-hydrogen) atoms. The largest absolute Gasteiger partial charge is 0.336 e. The van der Waals surface area contributed by atoms with Gasteiger partial charge in [0.05, 0.1) is 0 Å². The number of nitrogen functional groups attached to an aromatic ring is 1. The van der Waals surface area contributed by atoms with Gasteiger partial charge in [-0.25, -0.2) is 9.07 Å². The van der Waals surface area contributed by atoms with Crippen molar-refractivity contribution in [3.05, 3.63) is 41.5 Å². The Hall–Kier alpha value is -1.56. The summed E-state index contributed by atoms with van der Waals surface area (Å²) in [6.07, 6.45) is 0. The van der Waals surface area contributed by atoms with Crippen molar-refractivity contribution in [2.45, 2.75) is 17.8 Å². The van der Waals surface area contributed by atoms with Crippen molar-refractivity contribution >= 4 is 11.8 Å². The Morgan fingerprint density at radius 3 is 2.56 bits per heavy atom. The highest BCUT2D eigenvalue weighted by Crippen LogP contribution is 2.20. The van der Waals surface area contributed by atoms with Gasteiger partial charge in [-0.15, -0.1) is 10.2 Å². The third-order valence-electron chi connectivity index (χ3n) is 2.12. The van der Waals surface area contributed by atoms with Crippen LogP contribution in [0.4, 0.5) is 4.39 Å². The molecule has 0 atom stereocenters. The predicted molar refractivity (Wildman–Crippen MR) is 60.9 cm³/mol. The zero-order valence-electron chi connectivity index (χ0n) is 8.72. The molecular weight excluding hydrogens is 227 g/mol. The van der Waals surface area contributed by atoms with Crippen LogP contribution in [0.15, 0.2) is 29.4 Å². The van der Waals surface area contributed by atoms with E-state index < -0.39 is 0 Å². The predicted octanol–water partition coefficient (Wildman–Crippen LogP) is 1.73. The van der Waals surface area contributed by atoms with Crippen LogP contribution in [0.5, 0.6) is 0 Å². The lowest BCUT2D eigenvalue weighted by Crippen LogP contribution is -2.11. The molecule has 4 nitrogen and oxygen atoms in total. The Labute approximate surface area is 96.6 Å². The van der Waals surface area contributed by atoms with Crippen molar-refractivity contribution in [1.29, 1.82) is 0 Å². The van der Waals surface area contributed by atoms with Crippen molar-refractivity contribution in [1.82, 2.24) is 14.9 Å². The molecule has 1 aromatic carbocycles. The van der Waals surface area contributed by atoms with Crippen molar-refractivity contribution in [2.75, 3.05) is 5.84 Å². The second kappa shape index (κ2) is 4.52. The second-order valence-electron chi connectivity index (χ2n) is 3.31. The van der Waals surface area contributed by atoms with Gasteiger partial charge in [-0.05, 0) is 24.6 Å². The van der Waals surface area contributed by atoms with Crippen LogP contribution in [0.1, 0.15) is 11.4 Å². The maximum atomic E-state index is 12.7. The molecule has 0 aliphatic rings. The topological polar surface area (TPSA) is 56.7 Å². The van der Waals surface area contributed by atoms with Gasteiger partial charge < -0.3 is 5.84 Å². The number of benzene rings is 1. The molecule has 0 aliphatic heterocycles. The summed E-state index contributed by atoms with van der Waals surface area (Å²) in [6, 6.07) is 6.36. The van der Waals surface area contributed by atoms with E-state index in [2.05, 4.69) is 10.2 Å². The van der Waals surface area contributed by atoms with Crippen LogP contribution in [0.3, 0.4) is 0 Å². The minimum Gasteiger partial charge on any atom is -0.336 e. The first-order valence-electron chi connectivity index (χ1n) is 4.71. The fourth-order valence-corrected chi connectivity index (χ4v) is 2.03. The Kier molecular flexibility index (Phi) is 3.09. The van der Waals surface area contributed by atoms with Crippen molar-refractivity contribution in [3.63, 3.8) is 0 Å². The number of hydrogen-bond acceptors (Lipinski definition) is 4. The Morgan fingerprint density at radius 1 is 1.31 bits per heavy atom. The third-order valence-corrected chi connectivity index (χ3v) is 3.13. The number of rotatable bonds is 3. The zero-order chi connectivity index (χ0) is 11.5. The van der Waals surface area contributed by atoms with Crippen molar-refractivity contribution in [3.8, 4) is 0 Å². The smallest absolute Gasteiger partial charge is 0.210 e. The van der Waals surface area contributed by atoms with Gasteiger partial charge in [-0.3, -0.25) is 0 Å². The minimum absolute atomic E-state index is 0.230. The highest BCUT2D eigenvalue weighted by Gasteiger charge is 2.06. The standard InChI is InChI=1S/C10H11FN4S/c1-7-13-14-10(15(7)12)16-6-8-2-4-9(11)5-3-8/h2-5H,6,12H2,1H3. The summed E-state index contributed by atoms with van der Waals surface area (Å²) >= 11 is 1.47. The van der Waals surface area contributed by atoms with Gasteiger partial charge in [-0.1, -0.05) is 23.9 Å². The first-order valence-corrected chi connectivity index (χ1v) is 5.69. The highest BCUT2D eigenvalue weighted by molar-refractivity contribution is 7.98. The molecule has 0 fully saturated rings.